The van der Waals surface area contributed by atoms with Gasteiger partial charge in [0.25, 0.3) is 15.9 Å². The van der Waals surface area contributed by atoms with Crippen molar-refractivity contribution in [2.75, 3.05) is 31.0 Å². The van der Waals surface area contributed by atoms with Crippen LogP contribution in [0.25, 0.3) is 0 Å². The topological polar surface area (TPSA) is 84.0 Å². The molecule has 8 heteroatoms. The van der Waals surface area contributed by atoms with E-state index in [2.05, 4.69) is 0 Å². The normalized spacial score (nSPS) is 14.3. The first-order chi connectivity index (χ1) is 14.3. The highest BCUT2D eigenvalue weighted by Crippen LogP contribution is 2.23. The van der Waals surface area contributed by atoms with Gasteiger partial charge in [-0.1, -0.05) is 23.8 Å². The maximum absolute atomic E-state index is 13.0. The first kappa shape index (κ1) is 21.8. The molecule has 160 valence electrons. The van der Waals surface area contributed by atoms with E-state index in [1.807, 2.05) is 19.1 Å². The van der Waals surface area contributed by atoms with Gasteiger partial charge in [-0.25, -0.2) is 13.2 Å². The molecule has 1 saturated heterocycles. The monoisotopic (exact) mass is 430 g/mol. The van der Waals surface area contributed by atoms with Crippen LogP contribution in [0, 0.1) is 6.92 Å². The molecule has 0 radical (unpaired) electrons. The fourth-order valence-corrected chi connectivity index (χ4v) is 4.52. The van der Waals surface area contributed by atoms with E-state index in [1.165, 1.54) is 31.3 Å². The largest absolute Gasteiger partial charge is 0.452 e. The van der Waals surface area contributed by atoms with Crippen LogP contribution in [0.5, 0.6) is 0 Å². The molecule has 0 saturated carbocycles. The van der Waals surface area contributed by atoms with Crippen molar-refractivity contribution in [2.24, 2.45) is 0 Å². The summed E-state index contributed by atoms with van der Waals surface area (Å²) in [5.41, 5.74) is 1.62. The summed E-state index contributed by atoms with van der Waals surface area (Å²) in [5, 5.41) is 0. The van der Waals surface area contributed by atoms with Crippen LogP contribution in [0.15, 0.2) is 53.4 Å². The molecule has 0 bridgehead atoms. The lowest BCUT2D eigenvalue weighted by molar-refractivity contribution is -0.135. The van der Waals surface area contributed by atoms with Gasteiger partial charge in [0, 0.05) is 20.1 Å². The lowest BCUT2D eigenvalue weighted by Gasteiger charge is -2.26. The summed E-state index contributed by atoms with van der Waals surface area (Å²) < 4.78 is 32.2. The molecule has 0 N–H and O–H groups in total. The van der Waals surface area contributed by atoms with E-state index in [0.29, 0.717) is 18.8 Å². The quantitative estimate of drug-likeness (QED) is 0.658. The lowest BCUT2D eigenvalue weighted by atomic mass is 10.1. The number of anilines is 1. The minimum atomic E-state index is -3.86. The number of likely N-dealkylation sites (tertiary alicyclic amines) is 1. The van der Waals surface area contributed by atoms with Crippen LogP contribution >= 0.6 is 0 Å². The third-order valence-corrected chi connectivity index (χ3v) is 6.94. The average Bonchev–Trinajstić information content (AvgIpc) is 2.78. The van der Waals surface area contributed by atoms with Crippen molar-refractivity contribution in [3.63, 3.8) is 0 Å². The number of benzene rings is 2. The van der Waals surface area contributed by atoms with E-state index in [0.717, 1.165) is 29.1 Å². The SMILES string of the molecule is Cc1ccc(N(C)S(=O)(=O)c2cccc(C(=O)OCC(=O)N3CCCCC3)c2)cc1. The molecule has 1 aliphatic heterocycles. The first-order valence-electron chi connectivity index (χ1n) is 9.89. The van der Waals surface area contributed by atoms with Gasteiger partial charge in [0.1, 0.15) is 0 Å². The summed E-state index contributed by atoms with van der Waals surface area (Å²) in [5.74, 6) is -0.957. The smallest absolute Gasteiger partial charge is 0.338 e. The van der Waals surface area contributed by atoms with Gasteiger partial charge in [-0.3, -0.25) is 9.10 Å². The molecular weight excluding hydrogens is 404 g/mol. The van der Waals surface area contributed by atoms with Gasteiger partial charge in [0.05, 0.1) is 16.1 Å². The fraction of sp³-hybridized carbons (Fsp3) is 0.364. The molecule has 3 rings (SSSR count). The van der Waals surface area contributed by atoms with Gasteiger partial charge >= 0.3 is 5.97 Å². The zero-order chi connectivity index (χ0) is 21.7. The van der Waals surface area contributed by atoms with Crippen molar-refractivity contribution >= 4 is 27.6 Å². The predicted octanol–water partition coefficient (Wildman–Crippen LogP) is 2.99. The van der Waals surface area contributed by atoms with Crippen LogP contribution in [0.3, 0.4) is 0 Å². The van der Waals surface area contributed by atoms with Gasteiger partial charge < -0.3 is 9.64 Å². The number of hydrogen-bond donors (Lipinski definition) is 0. The Morgan fingerprint density at radius 2 is 1.70 bits per heavy atom. The van der Waals surface area contributed by atoms with Gasteiger partial charge in [-0.05, 0) is 56.5 Å². The van der Waals surface area contributed by atoms with E-state index in [9.17, 15) is 18.0 Å². The van der Waals surface area contributed by atoms with E-state index in [4.69, 9.17) is 4.74 Å². The minimum absolute atomic E-state index is 0.0256. The van der Waals surface area contributed by atoms with Gasteiger partial charge in [-0.15, -0.1) is 0 Å². The Kier molecular flexibility index (Phi) is 6.77. The van der Waals surface area contributed by atoms with Gasteiger partial charge in [-0.2, -0.15) is 0 Å². The molecule has 7 nitrogen and oxygen atoms in total. The number of piperidine rings is 1. The number of ether oxygens (including phenoxy) is 1. The van der Waals surface area contributed by atoms with Crippen molar-refractivity contribution in [3.05, 3.63) is 59.7 Å². The highest BCUT2D eigenvalue weighted by molar-refractivity contribution is 7.92. The number of esters is 1. The van der Waals surface area contributed by atoms with Crippen molar-refractivity contribution in [1.29, 1.82) is 0 Å². The molecule has 0 aromatic heterocycles. The second-order valence-electron chi connectivity index (χ2n) is 7.35. The summed E-state index contributed by atoms with van der Waals surface area (Å²) in [6.45, 7) is 2.92. The fourth-order valence-electron chi connectivity index (χ4n) is 3.28. The number of aryl methyl sites for hydroxylation is 1. The Hall–Kier alpha value is -2.87. The highest BCUT2D eigenvalue weighted by atomic mass is 32.2. The maximum atomic E-state index is 13.0. The van der Waals surface area contributed by atoms with Crippen LogP contribution in [0.4, 0.5) is 5.69 Å². The Morgan fingerprint density at radius 3 is 2.37 bits per heavy atom. The maximum Gasteiger partial charge on any atom is 0.338 e. The molecule has 30 heavy (non-hydrogen) atoms. The molecule has 1 amide bonds. The summed E-state index contributed by atoms with van der Waals surface area (Å²) in [6.07, 6.45) is 3.00. The van der Waals surface area contributed by atoms with Crippen molar-refractivity contribution in [2.45, 2.75) is 31.1 Å². The highest BCUT2D eigenvalue weighted by Gasteiger charge is 2.23. The number of nitrogens with zero attached hydrogens (tertiary/aromatic N) is 2. The summed E-state index contributed by atoms with van der Waals surface area (Å²) in [6, 6.07) is 12.7. The number of rotatable bonds is 6. The van der Waals surface area contributed by atoms with E-state index >= 15 is 0 Å². The Balaban J connectivity index is 1.70. The van der Waals surface area contributed by atoms with E-state index in [-0.39, 0.29) is 23.0 Å². The molecule has 0 atom stereocenters. The number of carbonyl (C=O) groups excluding carboxylic acids is 2. The number of sulfonamides is 1. The van der Waals surface area contributed by atoms with Crippen LogP contribution in [-0.2, 0) is 19.6 Å². The minimum Gasteiger partial charge on any atom is -0.452 e. The molecular formula is C22H26N2O5S. The first-order valence-corrected chi connectivity index (χ1v) is 11.3. The van der Waals surface area contributed by atoms with Crippen molar-refractivity contribution < 1.29 is 22.7 Å². The zero-order valence-electron chi connectivity index (χ0n) is 17.2. The predicted molar refractivity (Wildman–Crippen MR) is 114 cm³/mol. The number of carbonyl (C=O) groups is 2. The third-order valence-electron chi connectivity index (χ3n) is 5.16. The standard InChI is InChI=1S/C22H26N2O5S/c1-17-9-11-19(12-10-17)23(2)30(27,28)20-8-6-7-18(15-20)22(26)29-16-21(25)24-13-4-3-5-14-24/h6-12,15H,3-5,13-14,16H2,1-2H3. The summed E-state index contributed by atoms with van der Waals surface area (Å²) >= 11 is 0. The molecule has 0 unspecified atom stereocenters. The number of hydrogen-bond acceptors (Lipinski definition) is 5. The van der Waals surface area contributed by atoms with Crippen molar-refractivity contribution in [3.8, 4) is 0 Å². The van der Waals surface area contributed by atoms with E-state index in [1.54, 1.807) is 17.0 Å². The van der Waals surface area contributed by atoms with Crippen LogP contribution in [0.1, 0.15) is 35.2 Å². The van der Waals surface area contributed by atoms with E-state index < -0.39 is 16.0 Å². The zero-order valence-corrected chi connectivity index (χ0v) is 18.0. The molecule has 1 fully saturated rings. The van der Waals surface area contributed by atoms with Crippen molar-refractivity contribution in [1.82, 2.24) is 4.90 Å². The third kappa shape index (κ3) is 4.99. The summed E-state index contributed by atoms with van der Waals surface area (Å²) in [7, 11) is -2.40. The Bertz CT molecular complexity index is 1010. The van der Waals surface area contributed by atoms with Crippen LogP contribution < -0.4 is 4.31 Å². The molecule has 0 spiro atoms. The van der Waals surface area contributed by atoms with Crippen LogP contribution in [0.2, 0.25) is 0 Å². The van der Waals surface area contributed by atoms with Crippen LogP contribution in [-0.4, -0.2) is 51.9 Å². The molecule has 0 aliphatic carbocycles. The molecule has 2 aromatic rings. The Morgan fingerprint density at radius 1 is 1.03 bits per heavy atom. The Labute approximate surface area is 177 Å². The van der Waals surface area contributed by atoms with Gasteiger partial charge in [0.2, 0.25) is 0 Å². The summed E-state index contributed by atoms with van der Waals surface area (Å²) in [4.78, 5) is 26.2. The van der Waals surface area contributed by atoms with Gasteiger partial charge in [0.15, 0.2) is 6.61 Å². The average molecular weight is 431 g/mol. The molecule has 1 aliphatic rings. The second kappa shape index (κ2) is 9.30. The molecule has 1 heterocycles. The second-order valence-corrected chi connectivity index (χ2v) is 9.32. The molecule has 2 aromatic carbocycles. The number of amides is 1. The lowest BCUT2D eigenvalue weighted by Crippen LogP contribution is -2.38.